The molecule has 0 fully saturated rings. The first kappa shape index (κ1) is 20.0. The molecule has 0 spiro atoms. The Morgan fingerprint density at radius 2 is 2.07 bits per heavy atom. The van der Waals surface area contributed by atoms with Crippen LogP contribution in [0.25, 0.3) is 0 Å². The van der Waals surface area contributed by atoms with Crippen LogP contribution in [0.4, 0.5) is 18.9 Å². The summed E-state index contributed by atoms with van der Waals surface area (Å²) in [4.78, 5) is 12.3. The van der Waals surface area contributed by atoms with Crippen LogP contribution in [0, 0.1) is 0 Å². The lowest BCUT2D eigenvalue weighted by molar-refractivity contribution is -0.141. The number of nitrogens with zero attached hydrogens (tertiary/aromatic N) is 4. The molecular weight excluding hydrogens is 422 g/mol. The van der Waals surface area contributed by atoms with Crippen LogP contribution in [0.3, 0.4) is 0 Å². The Kier molecular flexibility index (Phi) is 5.52. The van der Waals surface area contributed by atoms with Gasteiger partial charge in [-0.05, 0) is 18.2 Å². The fourth-order valence-electron chi connectivity index (χ4n) is 2.31. The van der Waals surface area contributed by atoms with Gasteiger partial charge < -0.3 is 10.1 Å². The number of carbonyl (C=O) groups excluding carboxylic acids is 1. The number of alkyl halides is 3. The van der Waals surface area contributed by atoms with Crippen molar-refractivity contribution in [2.24, 2.45) is 7.05 Å². The van der Waals surface area contributed by atoms with Gasteiger partial charge in [-0.25, -0.2) is 4.68 Å². The molecule has 0 aliphatic rings. The van der Waals surface area contributed by atoms with E-state index in [2.05, 4.69) is 15.5 Å². The summed E-state index contributed by atoms with van der Waals surface area (Å²) in [7, 11) is 1.19. The maximum atomic E-state index is 12.9. The molecule has 0 aliphatic carbocycles. The topological polar surface area (TPSA) is 74.0 Å². The van der Waals surface area contributed by atoms with E-state index in [9.17, 15) is 18.0 Å². The van der Waals surface area contributed by atoms with Gasteiger partial charge in [0.25, 0.3) is 5.91 Å². The summed E-state index contributed by atoms with van der Waals surface area (Å²) in [5.74, 6) is -0.333. The van der Waals surface area contributed by atoms with Crippen LogP contribution in [-0.4, -0.2) is 25.5 Å². The molecule has 12 heteroatoms. The summed E-state index contributed by atoms with van der Waals surface area (Å²) >= 11 is 11.6. The molecule has 3 rings (SSSR count). The van der Waals surface area contributed by atoms with Crippen molar-refractivity contribution in [1.29, 1.82) is 0 Å². The zero-order valence-corrected chi connectivity index (χ0v) is 15.7. The highest BCUT2D eigenvalue weighted by Gasteiger charge is 2.39. The van der Waals surface area contributed by atoms with Gasteiger partial charge in [-0.2, -0.15) is 23.4 Å². The minimum atomic E-state index is -4.77. The SMILES string of the molecule is Cn1nc(C(F)(F)F)c(Cl)c1C(=O)Nc1cnn(COc2cccc(Cl)c2)c1. The van der Waals surface area contributed by atoms with E-state index >= 15 is 0 Å². The lowest BCUT2D eigenvalue weighted by atomic mass is 10.3. The van der Waals surface area contributed by atoms with Gasteiger partial charge in [0.1, 0.15) is 16.5 Å². The molecule has 0 bridgehead atoms. The maximum absolute atomic E-state index is 12.9. The molecule has 1 aromatic carbocycles. The number of rotatable bonds is 5. The monoisotopic (exact) mass is 433 g/mol. The lowest BCUT2D eigenvalue weighted by Gasteiger charge is -2.06. The van der Waals surface area contributed by atoms with Crippen LogP contribution >= 0.6 is 23.2 Å². The highest BCUT2D eigenvalue weighted by Crippen LogP contribution is 2.35. The summed E-state index contributed by atoms with van der Waals surface area (Å²) < 4.78 is 46.2. The summed E-state index contributed by atoms with van der Waals surface area (Å²) in [6.45, 7) is 0.0287. The van der Waals surface area contributed by atoms with Crippen LogP contribution in [0.15, 0.2) is 36.7 Å². The number of anilines is 1. The second kappa shape index (κ2) is 7.72. The van der Waals surface area contributed by atoms with Gasteiger partial charge >= 0.3 is 6.18 Å². The maximum Gasteiger partial charge on any atom is 0.436 e. The van der Waals surface area contributed by atoms with Crippen molar-refractivity contribution in [3.05, 3.63) is 58.1 Å². The third-order valence-corrected chi connectivity index (χ3v) is 4.12. The van der Waals surface area contributed by atoms with Gasteiger partial charge in [0.05, 0.1) is 18.1 Å². The zero-order valence-electron chi connectivity index (χ0n) is 14.2. The molecule has 28 heavy (non-hydrogen) atoms. The Hall–Kier alpha value is -2.72. The Labute approximate surface area is 166 Å². The van der Waals surface area contributed by atoms with Crippen LogP contribution in [-0.2, 0) is 20.0 Å². The first-order valence-corrected chi connectivity index (χ1v) is 8.42. The Balaban J connectivity index is 1.68. The van der Waals surface area contributed by atoms with E-state index in [0.717, 1.165) is 4.68 Å². The predicted octanol–water partition coefficient (Wildman–Crippen LogP) is 4.23. The number of halogens is 5. The average Bonchev–Trinajstić information content (AvgIpc) is 3.16. The summed E-state index contributed by atoms with van der Waals surface area (Å²) in [5, 5.41) is 9.42. The fourth-order valence-corrected chi connectivity index (χ4v) is 2.85. The number of nitrogens with one attached hydrogen (secondary N) is 1. The molecule has 2 heterocycles. The summed E-state index contributed by atoms with van der Waals surface area (Å²) in [6, 6.07) is 6.75. The molecule has 3 aromatic rings. The molecule has 0 atom stereocenters. The molecular formula is C16H12Cl2F3N5O2. The number of aryl methyl sites for hydroxylation is 1. The average molecular weight is 434 g/mol. The fraction of sp³-hybridized carbons (Fsp3) is 0.188. The second-order valence-corrected chi connectivity index (χ2v) is 6.40. The Bertz CT molecular complexity index is 1020. The van der Waals surface area contributed by atoms with E-state index < -0.39 is 28.5 Å². The van der Waals surface area contributed by atoms with Gasteiger partial charge in [-0.1, -0.05) is 29.3 Å². The third kappa shape index (κ3) is 4.39. The highest BCUT2D eigenvalue weighted by molar-refractivity contribution is 6.34. The molecule has 7 nitrogen and oxygen atoms in total. The van der Waals surface area contributed by atoms with Crippen LogP contribution < -0.4 is 10.1 Å². The van der Waals surface area contributed by atoms with Gasteiger partial charge in [0.2, 0.25) is 0 Å². The van der Waals surface area contributed by atoms with Crippen molar-refractivity contribution in [2.45, 2.75) is 12.9 Å². The van der Waals surface area contributed by atoms with E-state index in [1.165, 1.54) is 24.1 Å². The predicted molar refractivity (Wildman–Crippen MR) is 95.5 cm³/mol. The van der Waals surface area contributed by atoms with Crippen molar-refractivity contribution in [3.63, 3.8) is 0 Å². The van der Waals surface area contributed by atoms with E-state index in [4.69, 9.17) is 27.9 Å². The molecule has 0 unspecified atom stereocenters. The summed E-state index contributed by atoms with van der Waals surface area (Å²) in [6.07, 6.45) is -2.01. The van der Waals surface area contributed by atoms with E-state index in [-0.39, 0.29) is 12.4 Å². The van der Waals surface area contributed by atoms with Crippen LogP contribution in [0.2, 0.25) is 10.0 Å². The molecule has 0 aliphatic heterocycles. The number of ether oxygens (including phenoxy) is 1. The standard InChI is InChI=1S/C16H12Cl2F3N5O2/c1-25-13(12(18)14(24-25)16(19,20)21)15(27)23-10-6-22-26(7-10)8-28-11-4-2-3-9(17)5-11/h2-7H,8H2,1H3,(H,23,27). The lowest BCUT2D eigenvalue weighted by Crippen LogP contribution is -2.16. The highest BCUT2D eigenvalue weighted by atomic mass is 35.5. The van der Waals surface area contributed by atoms with Gasteiger partial charge in [0, 0.05) is 12.1 Å². The van der Waals surface area contributed by atoms with E-state index in [1.807, 2.05) is 0 Å². The number of amides is 1. The number of aromatic nitrogens is 4. The molecule has 0 saturated carbocycles. The smallest absolute Gasteiger partial charge is 0.436 e. The van der Waals surface area contributed by atoms with Gasteiger partial charge in [-0.15, -0.1) is 0 Å². The zero-order chi connectivity index (χ0) is 20.5. The molecule has 1 amide bonds. The number of hydrogen-bond donors (Lipinski definition) is 1. The van der Waals surface area contributed by atoms with Gasteiger partial charge in [0.15, 0.2) is 12.4 Å². The first-order chi connectivity index (χ1) is 13.1. The molecule has 0 saturated heterocycles. The molecule has 2 aromatic heterocycles. The van der Waals surface area contributed by atoms with Crippen molar-refractivity contribution in [3.8, 4) is 5.75 Å². The quantitative estimate of drug-likeness (QED) is 0.653. The molecule has 148 valence electrons. The Morgan fingerprint density at radius 3 is 2.71 bits per heavy atom. The second-order valence-electron chi connectivity index (χ2n) is 5.59. The molecule has 1 N–H and O–H groups in total. The summed E-state index contributed by atoms with van der Waals surface area (Å²) in [5.41, 5.74) is -1.50. The minimum absolute atomic E-state index is 0.0287. The Morgan fingerprint density at radius 1 is 1.32 bits per heavy atom. The van der Waals surface area contributed by atoms with Crippen molar-refractivity contribution >= 4 is 34.8 Å². The largest absolute Gasteiger partial charge is 0.471 e. The van der Waals surface area contributed by atoms with Gasteiger partial charge in [-0.3, -0.25) is 9.48 Å². The van der Waals surface area contributed by atoms with Crippen molar-refractivity contribution < 1.29 is 22.7 Å². The van der Waals surface area contributed by atoms with E-state index in [0.29, 0.717) is 10.8 Å². The van der Waals surface area contributed by atoms with Crippen LogP contribution in [0.1, 0.15) is 16.2 Å². The number of hydrogen-bond acceptors (Lipinski definition) is 4. The number of benzene rings is 1. The normalized spacial score (nSPS) is 11.5. The van der Waals surface area contributed by atoms with Crippen molar-refractivity contribution in [2.75, 3.05) is 5.32 Å². The first-order valence-electron chi connectivity index (χ1n) is 7.67. The number of carbonyl (C=O) groups is 1. The minimum Gasteiger partial charge on any atom is -0.471 e. The van der Waals surface area contributed by atoms with E-state index in [1.54, 1.807) is 24.3 Å². The third-order valence-electron chi connectivity index (χ3n) is 3.52. The van der Waals surface area contributed by atoms with Crippen molar-refractivity contribution in [1.82, 2.24) is 19.6 Å². The van der Waals surface area contributed by atoms with Crippen LogP contribution in [0.5, 0.6) is 5.75 Å². The molecule has 0 radical (unpaired) electrons.